The van der Waals surface area contributed by atoms with Gasteiger partial charge in [0, 0.05) is 19.3 Å². The normalized spacial score (nSPS) is 14.2. The third-order valence-electron chi connectivity index (χ3n) is 13.1. The molecule has 0 radical (unpaired) electrons. The molecule has 3 unspecified atom stereocenters. The number of hydrogen-bond acceptors (Lipinski definition) is 10. The van der Waals surface area contributed by atoms with Crippen LogP contribution in [-0.4, -0.2) is 66.5 Å². The van der Waals surface area contributed by atoms with Crippen molar-refractivity contribution in [3.63, 3.8) is 0 Å². The number of rotatable bonds is 58. The van der Waals surface area contributed by atoms with E-state index in [0.29, 0.717) is 32.1 Å². The van der Waals surface area contributed by atoms with Gasteiger partial charge in [-0.25, -0.2) is 4.57 Å². The topological polar surface area (TPSA) is 155 Å². The van der Waals surface area contributed by atoms with E-state index in [1.165, 1.54) is 96.3 Å². The van der Waals surface area contributed by atoms with Gasteiger partial charge in [0.15, 0.2) is 6.10 Å². The quantitative estimate of drug-likeness (QED) is 0.0197. The first-order valence-corrected chi connectivity index (χ1v) is 33.6. The number of ether oxygens (including phenoxy) is 3. The largest absolute Gasteiger partial charge is 0.472 e. The summed E-state index contributed by atoms with van der Waals surface area (Å²) < 4.78 is 39.5. The van der Waals surface area contributed by atoms with Gasteiger partial charge in [-0.15, -0.1) is 0 Å². The molecule has 0 rings (SSSR count). The highest BCUT2D eigenvalue weighted by Gasteiger charge is 2.28. The predicted molar refractivity (Wildman–Crippen MR) is 343 cm³/mol. The summed E-state index contributed by atoms with van der Waals surface area (Å²) in [5.41, 5.74) is 0. The summed E-state index contributed by atoms with van der Waals surface area (Å²) in [6, 6.07) is 0. The Bertz CT molecular complexity index is 1890. The number of hydrogen-bond donors (Lipinski definition) is 2. The van der Waals surface area contributed by atoms with E-state index in [1.54, 1.807) is 0 Å². The maximum Gasteiger partial charge on any atom is 0.472 e. The molecule has 0 saturated carbocycles. The van der Waals surface area contributed by atoms with Crippen LogP contribution in [0.5, 0.6) is 0 Å². The zero-order chi connectivity index (χ0) is 59.8. The van der Waals surface area contributed by atoms with E-state index < -0.39 is 64.4 Å². The minimum atomic E-state index is -4.79. The fraction of sp³-hybridized carbons (Fsp3) is 0.643. The molecule has 11 nitrogen and oxygen atoms in total. The number of unbranched alkanes of at least 4 members (excludes halogenated alkanes) is 19. The zero-order valence-corrected chi connectivity index (χ0v) is 52.6. The van der Waals surface area contributed by atoms with Crippen molar-refractivity contribution in [3.8, 4) is 0 Å². The monoisotopic (exact) mass is 1160 g/mol. The Labute approximate surface area is 500 Å². The molecule has 12 heteroatoms. The highest BCUT2D eigenvalue weighted by molar-refractivity contribution is 7.47. The van der Waals surface area contributed by atoms with Crippen LogP contribution in [0.1, 0.15) is 252 Å². The molecule has 0 aliphatic rings. The molecule has 0 spiro atoms. The van der Waals surface area contributed by atoms with Gasteiger partial charge in [-0.2, -0.15) is 0 Å². The van der Waals surface area contributed by atoms with Crippen LogP contribution in [0.15, 0.2) is 134 Å². The smallest absolute Gasteiger partial charge is 0.462 e. The van der Waals surface area contributed by atoms with Gasteiger partial charge in [0.05, 0.1) is 19.8 Å². The van der Waals surface area contributed by atoms with Gasteiger partial charge in [-0.3, -0.25) is 23.4 Å². The second kappa shape index (κ2) is 62.7. The summed E-state index contributed by atoms with van der Waals surface area (Å²) in [6.45, 7) is 4.29. The molecule has 0 bridgehead atoms. The number of aliphatic hydroxyl groups is 1. The van der Waals surface area contributed by atoms with Crippen LogP contribution in [-0.2, 0) is 42.2 Å². The Hall–Kier alpha value is -4.38. The number of carbonyl (C=O) groups excluding carboxylic acids is 3. The van der Waals surface area contributed by atoms with Gasteiger partial charge < -0.3 is 24.2 Å². The second-order valence-electron chi connectivity index (χ2n) is 20.8. The maximum atomic E-state index is 13.0. The molecule has 0 saturated heterocycles. The van der Waals surface area contributed by atoms with Crippen molar-refractivity contribution >= 4 is 25.7 Å². The summed E-state index contributed by atoms with van der Waals surface area (Å²) >= 11 is 0. The van der Waals surface area contributed by atoms with Crippen molar-refractivity contribution in [3.05, 3.63) is 134 Å². The van der Waals surface area contributed by atoms with Crippen molar-refractivity contribution in [1.29, 1.82) is 0 Å². The summed E-state index contributed by atoms with van der Waals surface area (Å²) in [6.07, 6.45) is 80.0. The third-order valence-corrected chi connectivity index (χ3v) is 14.0. The molecule has 82 heavy (non-hydrogen) atoms. The molecule has 0 aromatic rings. The Morgan fingerprint density at radius 1 is 0.354 bits per heavy atom. The van der Waals surface area contributed by atoms with E-state index >= 15 is 0 Å². The SMILES string of the molecule is CC/C=C\C/C=C\C/C=C\C/C=C\C/C=C\C/C=C\CCC(=O)OC(COC(=O)CCC/C=C\C/C=C\C/C=C\C/C=C\C/C=C\CC)COP(=O)(O)OCC(CO)OC(=O)CCCCCCCCCCCCCCCCCCCCC. The summed E-state index contributed by atoms with van der Waals surface area (Å²) in [5, 5.41) is 9.86. The van der Waals surface area contributed by atoms with Crippen molar-refractivity contribution in [2.75, 3.05) is 26.4 Å². The lowest BCUT2D eigenvalue weighted by Crippen LogP contribution is -2.30. The molecule has 0 amide bonds. The average molecular weight is 1160 g/mol. The van der Waals surface area contributed by atoms with Crippen LogP contribution < -0.4 is 0 Å². The summed E-state index contributed by atoms with van der Waals surface area (Å²) in [5.74, 6) is -1.64. The molecule has 0 aromatic carbocycles. The third kappa shape index (κ3) is 60.2. The molecule has 0 aromatic heterocycles. The molecule has 0 fully saturated rings. The molecule has 0 aliphatic heterocycles. The number of allylic oxidation sites excluding steroid dienone is 22. The standard InChI is InChI=1S/C70H115O11P/c1-4-7-10-13-16-19-22-25-28-31-33-36-39-42-45-48-51-54-57-60-69(73)80-66(62-71)64-78-82(75,76)79-65-67(63-77-68(72)59-56-53-50-47-44-41-38-35-30-27-24-21-18-15-12-9-6-3)81-70(74)61-58-55-52-49-46-43-40-37-34-32-29-26-23-20-17-14-11-8-5-2/h8-9,11-12,17-18,20-21,26-27,29-30,34,37-38,41,43,46-47,50,52,55,66-67,71H,4-7,10,13-16,19,22-25,28,31-33,35-36,39-40,42,44-45,48-49,51,53-54,56-65H2,1-3H3,(H,75,76)/b11-8-,12-9-,20-17-,21-18-,29-26-,30-27-,37-34-,41-38-,46-43-,50-47-,55-52-. The van der Waals surface area contributed by atoms with Gasteiger partial charge in [-0.1, -0.05) is 270 Å². The van der Waals surface area contributed by atoms with Gasteiger partial charge in [-0.05, 0) is 96.3 Å². The van der Waals surface area contributed by atoms with Crippen LogP contribution in [0.2, 0.25) is 0 Å². The van der Waals surface area contributed by atoms with Crippen LogP contribution in [0.4, 0.5) is 0 Å². The lowest BCUT2D eigenvalue weighted by molar-refractivity contribution is -0.161. The second-order valence-corrected chi connectivity index (χ2v) is 22.3. The fourth-order valence-corrected chi connectivity index (χ4v) is 9.08. The first-order chi connectivity index (χ1) is 40.2. The molecule has 466 valence electrons. The van der Waals surface area contributed by atoms with Crippen molar-refractivity contribution in [1.82, 2.24) is 0 Å². The molecule has 0 heterocycles. The zero-order valence-electron chi connectivity index (χ0n) is 51.7. The highest BCUT2D eigenvalue weighted by atomic mass is 31.2. The van der Waals surface area contributed by atoms with Gasteiger partial charge >= 0.3 is 25.7 Å². The number of phosphoric ester groups is 1. The number of phosphoric acid groups is 1. The minimum absolute atomic E-state index is 0.0240. The average Bonchev–Trinajstić information content (AvgIpc) is 3.50. The van der Waals surface area contributed by atoms with Gasteiger partial charge in [0.25, 0.3) is 0 Å². The molecule has 0 aliphatic carbocycles. The Kier molecular flexibility index (Phi) is 59.3. The lowest BCUT2D eigenvalue weighted by atomic mass is 10.0. The minimum Gasteiger partial charge on any atom is -0.462 e. The van der Waals surface area contributed by atoms with Crippen molar-refractivity contribution in [2.24, 2.45) is 0 Å². The first kappa shape index (κ1) is 77.6. The molecule has 3 atom stereocenters. The van der Waals surface area contributed by atoms with Crippen LogP contribution in [0, 0.1) is 0 Å². The molecular weight excluding hydrogens is 1050 g/mol. The van der Waals surface area contributed by atoms with Crippen molar-refractivity contribution < 1.29 is 52.2 Å². The lowest BCUT2D eigenvalue weighted by Gasteiger charge is -2.21. The fourth-order valence-electron chi connectivity index (χ4n) is 8.30. The molecule has 2 N–H and O–H groups in total. The van der Waals surface area contributed by atoms with E-state index in [1.807, 2.05) is 18.2 Å². The summed E-state index contributed by atoms with van der Waals surface area (Å²) in [4.78, 5) is 48.7. The van der Waals surface area contributed by atoms with Crippen LogP contribution in [0.25, 0.3) is 0 Å². The van der Waals surface area contributed by atoms with Gasteiger partial charge in [0.2, 0.25) is 0 Å². The van der Waals surface area contributed by atoms with Gasteiger partial charge in [0.1, 0.15) is 12.7 Å². The van der Waals surface area contributed by atoms with E-state index in [-0.39, 0.29) is 19.3 Å². The van der Waals surface area contributed by atoms with E-state index in [0.717, 1.165) is 83.5 Å². The predicted octanol–water partition coefficient (Wildman–Crippen LogP) is 19.7. The Morgan fingerprint density at radius 2 is 0.659 bits per heavy atom. The highest BCUT2D eigenvalue weighted by Crippen LogP contribution is 2.43. The Balaban J connectivity index is 4.85. The van der Waals surface area contributed by atoms with E-state index in [4.69, 9.17) is 23.3 Å². The van der Waals surface area contributed by atoms with Crippen molar-refractivity contribution in [2.45, 2.75) is 264 Å². The number of aliphatic hydroxyl groups excluding tert-OH is 1. The van der Waals surface area contributed by atoms with E-state index in [2.05, 4.69) is 136 Å². The number of carbonyl (C=O) groups is 3. The van der Waals surface area contributed by atoms with E-state index in [9.17, 15) is 28.9 Å². The maximum absolute atomic E-state index is 13.0. The van der Waals surface area contributed by atoms with Crippen LogP contribution in [0.3, 0.4) is 0 Å². The first-order valence-electron chi connectivity index (χ1n) is 32.1. The Morgan fingerprint density at radius 3 is 1.04 bits per heavy atom. The summed E-state index contributed by atoms with van der Waals surface area (Å²) in [7, 11) is -4.79. The number of esters is 3. The van der Waals surface area contributed by atoms with Crippen LogP contribution >= 0.6 is 7.82 Å². The molecular formula is C70H115O11P.